The molecule has 124 valence electrons. The number of hydrogen-bond donors (Lipinski definition) is 2. The van der Waals surface area contributed by atoms with Gasteiger partial charge in [0.15, 0.2) is 11.3 Å². The molecule has 24 heavy (non-hydrogen) atoms. The van der Waals surface area contributed by atoms with E-state index >= 15 is 0 Å². The van der Waals surface area contributed by atoms with Crippen molar-refractivity contribution < 1.29 is 22.7 Å². The number of furan rings is 1. The van der Waals surface area contributed by atoms with Gasteiger partial charge in [0.2, 0.25) is 0 Å². The van der Waals surface area contributed by atoms with E-state index in [0.29, 0.717) is 22.2 Å². The fourth-order valence-corrected chi connectivity index (χ4v) is 2.49. The number of nitrogens with one attached hydrogen (secondary N) is 1. The van der Waals surface area contributed by atoms with E-state index in [9.17, 15) is 13.6 Å². The van der Waals surface area contributed by atoms with E-state index in [2.05, 4.69) is 15.3 Å². The number of nitrogens with two attached hydrogens (primary N) is 1. The molecule has 0 atom stereocenters. The van der Waals surface area contributed by atoms with E-state index in [4.69, 9.17) is 10.2 Å². The number of rotatable bonds is 4. The van der Waals surface area contributed by atoms with Crippen LogP contribution in [-0.4, -0.2) is 18.4 Å². The number of carbonyl (C=O) groups is 1. The predicted octanol–water partition coefficient (Wildman–Crippen LogP) is 3.58. The highest BCUT2D eigenvalue weighted by molar-refractivity contribution is 6.19. The second-order valence-corrected chi connectivity index (χ2v) is 4.97. The number of carbonyl (C=O) groups excluding carboxylic acids is 1. The Bertz CT molecular complexity index is 950. The number of amides is 2. The Balaban J connectivity index is 2.27. The Kier molecular flexibility index (Phi) is 4.03. The molecule has 0 aliphatic rings. The van der Waals surface area contributed by atoms with Crippen molar-refractivity contribution in [3.05, 3.63) is 42.0 Å². The minimum Gasteiger partial charge on any atom is -0.452 e. The first-order valence-corrected chi connectivity index (χ1v) is 6.96. The van der Waals surface area contributed by atoms with Gasteiger partial charge in [-0.05, 0) is 25.1 Å². The molecule has 0 unspecified atom stereocenters. The van der Waals surface area contributed by atoms with Gasteiger partial charge in [-0.1, -0.05) is 18.2 Å². The van der Waals surface area contributed by atoms with Crippen LogP contribution in [0.1, 0.15) is 12.5 Å². The van der Waals surface area contributed by atoms with Gasteiger partial charge in [-0.2, -0.15) is 13.9 Å². The molecular weight excluding hydrogens is 320 g/mol. The van der Waals surface area contributed by atoms with Gasteiger partial charge >= 0.3 is 12.6 Å². The van der Waals surface area contributed by atoms with Gasteiger partial charge in [0.05, 0.1) is 5.71 Å². The lowest BCUT2D eigenvalue weighted by Crippen LogP contribution is -2.25. The number of ether oxygens (including phenoxy) is 1. The van der Waals surface area contributed by atoms with Crippen molar-refractivity contribution in [2.75, 3.05) is 0 Å². The molecule has 0 aliphatic heterocycles. The van der Waals surface area contributed by atoms with Crippen LogP contribution in [0.3, 0.4) is 0 Å². The number of alkyl halides is 2. The van der Waals surface area contributed by atoms with Crippen molar-refractivity contribution in [1.29, 1.82) is 0 Å². The lowest BCUT2D eigenvalue weighted by molar-refractivity contribution is -0.0493. The van der Waals surface area contributed by atoms with Crippen LogP contribution < -0.4 is 15.9 Å². The summed E-state index contributed by atoms with van der Waals surface area (Å²) >= 11 is 0. The summed E-state index contributed by atoms with van der Waals surface area (Å²) in [5.41, 5.74) is 8.89. The fourth-order valence-electron chi connectivity index (χ4n) is 2.49. The molecule has 0 bridgehead atoms. The van der Waals surface area contributed by atoms with Gasteiger partial charge in [0, 0.05) is 16.3 Å². The Hall–Kier alpha value is -3.16. The zero-order valence-electron chi connectivity index (χ0n) is 12.5. The molecule has 0 fully saturated rings. The molecule has 0 spiro atoms. The highest BCUT2D eigenvalue weighted by atomic mass is 19.3. The van der Waals surface area contributed by atoms with Gasteiger partial charge in [0.1, 0.15) is 5.58 Å². The summed E-state index contributed by atoms with van der Waals surface area (Å²) in [6.07, 6.45) is 0. The van der Waals surface area contributed by atoms with Crippen LogP contribution in [0.25, 0.3) is 21.9 Å². The number of benzene rings is 2. The van der Waals surface area contributed by atoms with Crippen molar-refractivity contribution in [2.45, 2.75) is 13.5 Å². The second-order valence-electron chi connectivity index (χ2n) is 4.97. The highest BCUT2D eigenvalue weighted by Gasteiger charge is 2.19. The molecule has 0 saturated heterocycles. The summed E-state index contributed by atoms with van der Waals surface area (Å²) in [7, 11) is 0. The second kappa shape index (κ2) is 6.15. The van der Waals surface area contributed by atoms with Gasteiger partial charge in [-0.25, -0.2) is 10.2 Å². The summed E-state index contributed by atoms with van der Waals surface area (Å²) in [4.78, 5) is 10.8. The van der Waals surface area contributed by atoms with Gasteiger partial charge < -0.3 is 14.9 Å². The van der Waals surface area contributed by atoms with Gasteiger partial charge in [-0.15, -0.1) is 0 Å². The van der Waals surface area contributed by atoms with Crippen molar-refractivity contribution in [2.24, 2.45) is 10.8 Å². The van der Waals surface area contributed by atoms with Crippen molar-refractivity contribution in [3.8, 4) is 5.75 Å². The monoisotopic (exact) mass is 333 g/mol. The summed E-state index contributed by atoms with van der Waals surface area (Å²) in [6.45, 7) is -1.32. The number of nitrogens with zero attached hydrogens (tertiary/aromatic N) is 1. The fraction of sp³-hybridized carbons (Fsp3) is 0.125. The molecule has 3 N–H and O–H groups in total. The quantitative estimate of drug-likeness (QED) is 0.565. The molecule has 0 radical (unpaired) electrons. The summed E-state index contributed by atoms with van der Waals surface area (Å²) < 4.78 is 35.5. The Morgan fingerprint density at radius 3 is 2.75 bits per heavy atom. The minimum atomic E-state index is -2.97. The largest absolute Gasteiger partial charge is 0.452 e. The third kappa shape index (κ3) is 2.85. The molecule has 1 aromatic heterocycles. The van der Waals surface area contributed by atoms with Crippen LogP contribution in [0.15, 0.2) is 45.9 Å². The first kappa shape index (κ1) is 15.7. The maximum absolute atomic E-state index is 12.6. The normalized spacial score (nSPS) is 12.1. The molecule has 1 heterocycles. The molecule has 3 rings (SSSR count). The molecule has 2 amide bonds. The average Bonchev–Trinajstić information content (AvgIpc) is 2.92. The van der Waals surface area contributed by atoms with E-state index in [-0.39, 0.29) is 11.3 Å². The van der Waals surface area contributed by atoms with Gasteiger partial charge in [0.25, 0.3) is 0 Å². The van der Waals surface area contributed by atoms with Gasteiger partial charge in [-0.3, -0.25) is 0 Å². The van der Waals surface area contributed by atoms with E-state index in [1.807, 2.05) is 0 Å². The van der Waals surface area contributed by atoms with Crippen molar-refractivity contribution in [3.63, 3.8) is 0 Å². The average molecular weight is 333 g/mol. The number of halogens is 2. The maximum Gasteiger partial charge on any atom is 0.387 e. The van der Waals surface area contributed by atoms with E-state index in [1.165, 1.54) is 6.07 Å². The molecule has 2 aromatic carbocycles. The predicted molar refractivity (Wildman–Crippen MR) is 85.3 cm³/mol. The summed E-state index contributed by atoms with van der Waals surface area (Å²) in [5, 5.41) is 5.17. The molecular formula is C16H13F2N3O3. The third-order valence-corrected chi connectivity index (χ3v) is 3.43. The van der Waals surface area contributed by atoms with E-state index in [1.54, 1.807) is 37.3 Å². The zero-order chi connectivity index (χ0) is 17.3. The number of urea groups is 1. The first-order valence-electron chi connectivity index (χ1n) is 6.96. The summed E-state index contributed by atoms with van der Waals surface area (Å²) in [6, 6.07) is 9.23. The molecule has 3 aromatic rings. The molecule has 0 aliphatic carbocycles. The van der Waals surface area contributed by atoms with Crippen LogP contribution in [0.4, 0.5) is 13.6 Å². The van der Waals surface area contributed by atoms with Crippen molar-refractivity contribution in [1.82, 2.24) is 5.43 Å². The lowest BCUT2D eigenvalue weighted by Gasteiger charge is -2.08. The van der Waals surface area contributed by atoms with Crippen LogP contribution >= 0.6 is 0 Å². The molecule has 6 nitrogen and oxygen atoms in total. The molecule has 8 heteroatoms. The number of fused-ring (bicyclic) bond motifs is 3. The third-order valence-electron chi connectivity index (χ3n) is 3.43. The Labute approximate surface area is 134 Å². The first-order chi connectivity index (χ1) is 11.5. The topological polar surface area (TPSA) is 89.8 Å². The standard InChI is InChI=1S/C16H13F2N3O3/c1-8(20-21-16(19)22)9-6-7-12(24-15(17)18)14-13(9)10-4-2-3-5-11(10)23-14/h2-7,15H,1H3,(H3,19,21,22)/b20-8-. The Morgan fingerprint density at radius 2 is 2.04 bits per heavy atom. The number of primary amides is 1. The summed E-state index contributed by atoms with van der Waals surface area (Å²) in [5.74, 6) is -0.0735. The lowest BCUT2D eigenvalue weighted by atomic mass is 10.0. The van der Waals surface area contributed by atoms with Crippen molar-refractivity contribution >= 4 is 33.7 Å². The molecule has 0 saturated carbocycles. The zero-order valence-corrected chi connectivity index (χ0v) is 12.5. The Morgan fingerprint density at radius 1 is 1.29 bits per heavy atom. The van der Waals surface area contributed by atoms with Crippen LogP contribution in [0, 0.1) is 0 Å². The van der Waals surface area contributed by atoms with E-state index in [0.717, 1.165) is 5.39 Å². The number of para-hydroxylation sites is 1. The maximum atomic E-state index is 12.6. The van der Waals surface area contributed by atoms with Crippen LogP contribution in [0.5, 0.6) is 5.75 Å². The highest BCUT2D eigenvalue weighted by Crippen LogP contribution is 2.37. The van der Waals surface area contributed by atoms with Crippen LogP contribution in [0.2, 0.25) is 0 Å². The minimum absolute atomic E-state index is 0.0735. The SMILES string of the molecule is C/C(=N/NC(N)=O)c1ccc(OC(F)F)c2oc3ccccc3c12. The smallest absolute Gasteiger partial charge is 0.387 e. The van der Waals surface area contributed by atoms with Crippen LogP contribution in [-0.2, 0) is 0 Å². The van der Waals surface area contributed by atoms with E-state index < -0.39 is 12.6 Å². The number of hydrazone groups is 1. The number of hydrogen-bond acceptors (Lipinski definition) is 4.